The molecule has 1 aromatic carbocycles. The molecule has 0 heterocycles. The molecule has 0 N–H and O–H groups in total. The predicted molar refractivity (Wildman–Crippen MR) is 88.3 cm³/mol. The molecule has 1 aromatic rings. The van der Waals surface area contributed by atoms with Gasteiger partial charge in [-0.15, -0.1) is 0 Å². The second-order valence-electron chi connectivity index (χ2n) is 4.57. The van der Waals surface area contributed by atoms with Crippen LogP contribution in [0.1, 0.15) is 39.0 Å². The monoisotopic (exact) mass is 336 g/mol. The summed E-state index contributed by atoms with van der Waals surface area (Å²) in [6.45, 7) is 2.76. The fourth-order valence-electron chi connectivity index (χ4n) is 1.73. The molecule has 0 atom stereocenters. The summed E-state index contributed by atoms with van der Waals surface area (Å²) in [5.41, 5.74) is 0. The summed E-state index contributed by atoms with van der Waals surface area (Å²) in [7, 11) is 1.69. The number of methoxy groups -OCH3 is 1. The number of hydrogen-bond acceptors (Lipinski definition) is 1. The van der Waals surface area contributed by atoms with Crippen molar-refractivity contribution in [3.05, 3.63) is 40.9 Å². The number of rotatable bonds is 8. The molecule has 20 heavy (non-hydrogen) atoms. The molecular formula is C18H24OSe. The molecule has 1 rings (SSSR count). The third-order valence-corrected chi connectivity index (χ3v) is 4.88. The van der Waals surface area contributed by atoms with E-state index in [0.29, 0.717) is 21.6 Å². The van der Waals surface area contributed by atoms with Crippen LogP contribution < -0.4 is 4.46 Å². The second-order valence-corrected chi connectivity index (χ2v) is 6.91. The molecule has 1 nitrogen and oxygen atoms in total. The zero-order valence-electron chi connectivity index (χ0n) is 12.5. The van der Waals surface area contributed by atoms with Crippen LogP contribution in [-0.2, 0) is 4.74 Å². The Labute approximate surface area is 130 Å². The van der Waals surface area contributed by atoms with Crippen LogP contribution in [0, 0.1) is 11.8 Å². The molecule has 0 saturated heterocycles. The van der Waals surface area contributed by atoms with E-state index in [1.165, 1.54) is 34.6 Å². The van der Waals surface area contributed by atoms with Crippen LogP contribution in [0.5, 0.6) is 0 Å². The molecule has 0 unspecified atom stereocenters. The number of benzene rings is 1. The van der Waals surface area contributed by atoms with Crippen LogP contribution in [0.3, 0.4) is 0 Å². The third-order valence-electron chi connectivity index (χ3n) is 2.79. The Kier molecular flexibility index (Phi) is 10.1. The number of allylic oxidation sites excluding steroid dienone is 2. The first-order valence-corrected chi connectivity index (χ1v) is 8.99. The van der Waals surface area contributed by atoms with Crippen molar-refractivity contribution in [2.75, 3.05) is 13.7 Å². The molecule has 0 fully saturated rings. The standard InChI is InChI=1S/C18H24OSe/c1-3-4-5-6-8-12-18(15-11-16-19-2)20-17-13-9-7-10-14-17/h7,9-10,12-14H,3-6,8,16H2,1-2H3/b18-12-. The van der Waals surface area contributed by atoms with Crippen molar-refractivity contribution < 1.29 is 4.74 Å². The van der Waals surface area contributed by atoms with Gasteiger partial charge in [0.15, 0.2) is 0 Å². The first-order chi connectivity index (χ1) is 9.86. The van der Waals surface area contributed by atoms with Gasteiger partial charge in [-0.2, -0.15) is 0 Å². The molecular weight excluding hydrogens is 311 g/mol. The minimum absolute atomic E-state index is 0.312. The van der Waals surface area contributed by atoms with Crippen LogP contribution in [0.2, 0.25) is 0 Å². The summed E-state index contributed by atoms with van der Waals surface area (Å²) in [5.74, 6) is 6.36. The molecule has 0 bridgehead atoms. The van der Waals surface area contributed by atoms with Crippen molar-refractivity contribution in [1.29, 1.82) is 0 Å². The normalized spacial score (nSPS) is 11.0. The Balaban J connectivity index is 2.56. The van der Waals surface area contributed by atoms with Crippen LogP contribution >= 0.6 is 0 Å². The van der Waals surface area contributed by atoms with Gasteiger partial charge in [-0.25, -0.2) is 0 Å². The summed E-state index contributed by atoms with van der Waals surface area (Å²) < 4.78 is 7.66. The van der Waals surface area contributed by atoms with Gasteiger partial charge in [0.25, 0.3) is 0 Å². The minimum atomic E-state index is 0.312. The van der Waals surface area contributed by atoms with Crippen LogP contribution in [0.15, 0.2) is 40.9 Å². The number of unbranched alkanes of at least 4 members (excludes halogenated alkanes) is 4. The summed E-state index contributed by atoms with van der Waals surface area (Å²) >= 11 is 0.312. The summed E-state index contributed by atoms with van der Waals surface area (Å²) in [6, 6.07) is 10.6. The van der Waals surface area contributed by atoms with Gasteiger partial charge in [-0.1, -0.05) is 0 Å². The molecule has 0 spiro atoms. The van der Waals surface area contributed by atoms with E-state index in [1.807, 2.05) is 0 Å². The fraction of sp³-hybridized carbons (Fsp3) is 0.444. The molecule has 0 saturated carbocycles. The molecule has 0 aliphatic rings. The van der Waals surface area contributed by atoms with Crippen LogP contribution in [0.4, 0.5) is 0 Å². The predicted octanol–water partition coefficient (Wildman–Crippen LogP) is 3.52. The molecule has 108 valence electrons. The molecule has 0 amide bonds. The Morgan fingerprint density at radius 2 is 2.00 bits per heavy atom. The van der Waals surface area contributed by atoms with Gasteiger partial charge in [-0.3, -0.25) is 0 Å². The first kappa shape index (κ1) is 17.1. The summed E-state index contributed by atoms with van der Waals surface area (Å²) in [4.78, 5) is 0. The second kappa shape index (κ2) is 11.8. The van der Waals surface area contributed by atoms with Crippen molar-refractivity contribution >= 4 is 19.4 Å². The van der Waals surface area contributed by atoms with E-state index < -0.39 is 0 Å². The SMILES string of the molecule is CCCCCC/C=C(/C#CCOC)[Se]c1ccccc1. The Hall–Kier alpha value is -1.00. The van der Waals surface area contributed by atoms with E-state index in [9.17, 15) is 0 Å². The topological polar surface area (TPSA) is 9.23 Å². The molecule has 0 aliphatic carbocycles. The van der Waals surface area contributed by atoms with Gasteiger partial charge in [0.05, 0.1) is 0 Å². The van der Waals surface area contributed by atoms with Crippen molar-refractivity contribution in [3.63, 3.8) is 0 Å². The zero-order valence-corrected chi connectivity index (χ0v) is 14.2. The zero-order chi connectivity index (χ0) is 14.5. The van der Waals surface area contributed by atoms with Gasteiger partial charge in [0, 0.05) is 0 Å². The van der Waals surface area contributed by atoms with E-state index in [0.717, 1.165) is 6.42 Å². The molecule has 2 heteroatoms. The van der Waals surface area contributed by atoms with Gasteiger partial charge in [-0.05, 0) is 0 Å². The number of ether oxygens (including phenoxy) is 1. The van der Waals surface area contributed by atoms with Crippen molar-refractivity contribution in [1.82, 2.24) is 0 Å². The molecule has 0 radical (unpaired) electrons. The van der Waals surface area contributed by atoms with E-state index in [4.69, 9.17) is 4.74 Å². The Morgan fingerprint density at radius 1 is 1.20 bits per heavy atom. The Bertz CT molecular complexity index is 439. The molecule has 0 aliphatic heterocycles. The maximum absolute atomic E-state index is 5.01. The molecule has 0 aromatic heterocycles. The first-order valence-electron chi connectivity index (χ1n) is 7.27. The quantitative estimate of drug-likeness (QED) is 0.401. The van der Waals surface area contributed by atoms with Crippen molar-refractivity contribution in [2.24, 2.45) is 0 Å². The van der Waals surface area contributed by atoms with E-state index in [2.05, 4.69) is 55.2 Å². The fourth-order valence-corrected chi connectivity index (χ4v) is 3.56. The van der Waals surface area contributed by atoms with E-state index in [-0.39, 0.29) is 0 Å². The average Bonchev–Trinajstić information content (AvgIpc) is 2.48. The maximum atomic E-state index is 5.01. The average molecular weight is 335 g/mol. The van der Waals surface area contributed by atoms with Gasteiger partial charge in [0.1, 0.15) is 0 Å². The number of hydrogen-bond donors (Lipinski definition) is 0. The van der Waals surface area contributed by atoms with Gasteiger partial charge < -0.3 is 0 Å². The van der Waals surface area contributed by atoms with E-state index >= 15 is 0 Å². The third kappa shape index (κ3) is 8.23. The Morgan fingerprint density at radius 3 is 2.70 bits per heavy atom. The van der Waals surface area contributed by atoms with Crippen LogP contribution in [-0.4, -0.2) is 28.7 Å². The van der Waals surface area contributed by atoms with Gasteiger partial charge >= 0.3 is 130 Å². The van der Waals surface area contributed by atoms with Crippen molar-refractivity contribution in [2.45, 2.75) is 39.0 Å². The van der Waals surface area contributed by atoms with Crippen LogP contribution in [0.25, 0.3) is 0 Å². The van der Waals surface area contributed by atoms with Gasteiger partial charge in [0.2, 0.25) is 0 Å². The summed E-state index contributed by atoms with van der Waals surface area (Å²) in [6.07, 6.45) is 8.69. The van der Waals surface area contributed by atoms with E-state index in [1.54, 1.807) is 7.11 Å². The summed E-state index contributed by atoms with van der Waals surface area (Å²) in [5, 5.41) is 0. The van der Waals surface area contributed by atoms with Crippen molar-refractivity contribution in [3.8, 4) is 11.8 Å².